The maximum Gasteiger partial charge on any atom is 0.315 e. The van der Waals surface area contributed by atoms with Gasteiger partial charge in [0.05, 0.1) is 0 Å². The van der Waals surface area contributed by atoms with Gasteiger partial charge in [-0.3, -0.25) is 10.5 Å². The molecule has 0 saturated carbocycles. The van der Waals surface area contributed by atoms with Gasteiger partial charge in [-0.25, -0.2) is 4.79 Å². The molecule has 0 saturated heterocycles. The van der Waals surface area contributed by atoms with Crippen LogP contribution >= 0.6 is 0 Å². The lowest BCUT2D eigenvalue weighted by Gasteiger charge is -2.08. The summed E-state index contributed by atoms with van der Waals surface area (Å²) >= 11 is 0. The molecule has 0 aliphatic rings. The van der Waals surface area contributed by atoms with Gasteiger partial charge in [0.15, 0.2) is 0 Å². The van der Waals surface area contributed by atoms with E-state index in [0.29, 0.717) is 12.3 Å². The number of benzene rings is 2. The molecule has 3 N–H and O–H groups in total. The van der Waals surface area contributed by atoms with E-state index in [1.807, 2.05) is 54.6 Å². The molecule has 0 unspecified atom stereocenters. The number of para-hydroxylation sites is 1. The highest BCUT2D eigenvalue weighted by Crippen LogP contribution is 2.20. The fourth-order valence-corrected chi connectivity index (χ4v) is 1.71. The van der Waals surface area contributed by atoms with Crippen molar-refractivity contribution in [3.8, 4) is 11.5 Å². The van der Waals surface area contributed by atoms with Crippen LogP contribution in [-0.2, 0) is 11.3 Å². The van der Waals surface area contributed by atoms with Crippen LogP contribution in [0.4, 0.5) is 4.79 Å². The van der Waals surface area contributed by atoms with E-state index in [4.69, 9.17) is 10.5 Å². The SMILES string of the molecule is [NH]C(=O)CNC(=O)NCc1ccc(Oc2ccccc2)cc1. The largest absolute Gasteiger partial charge is 0.457 e. The summed E-state index contributed by atoms with van der Waals surface area (Å²) in [5, 5.41) is 4.88. The van der Waals surface area contributed by atoms with E-state index in [1.54, 1.807) is 0 Å². The number of urea groups is 1. The quantitative estimate of drug-likeness (QED) is 0.855. The number of amides is 3. The summed E-state index contributed by atoms with van der Waals surface area (Å²) in [4.78, 5) is 21.8. The Morgan fingerprint density at radius 3 is 2.18 bits per heavy atom. The Hall–Kier alpha value is -3.02. The lowest BCUT2D eigenvalue weighted by molar-refractivity contribution is -0.117. The molecule has 0 heterocycles. The normalized spacial score (nSPS) is 9.82. The third kappa shape index (κ3) is 5.16. The van der Waals surface area contributed by atoms with Gasteiger partial charge in [-0.05, 0) is 29.8 Å². The van der Waals surface area contributed by atoms with Gasteiger partial charge in [0.2, 0.25) is 0 Å². The molecule has 6 heteroatoms. The summed E-state index contributed by atoms with van der Waals surface area (Å²) < 4.78 is 5.67. The molecule has 6 nitrogen and oxygen atoms in total. The maximum absolute atomic E-state index is 11.3. The summed E-state index contributed by atoms with van der Waals surface area (Å²) in [7, 11) is 0. The zero-order valence-corrected chi connectivity index (χ0v) is 11.8. The molecule has 0 atom stereocenters. The fraction of sp³-hybridized carbons (Fsp3) is 0.125. The van der Waals surface area contributed by atoms with Crippen LogP contribution in [0, 0.1) is 0 Å². The lowest BCUT2D eigenvalue weighted by Crippen LogP contribution is -2.38. The molecular formula is C16H16N3O3. The van der Waals surface area contributed by atoms with Crippen molar-refractivity contribution >= 4 is 11.9 Å². The monoisotopic (exact) mass is 298 g/mol. The highest BCUT2D eigenvalue weighted by molar-refractivity contribution is 5.82. The first-order chi connectivity index (χ1) is 10.6. The van der Waals surface area contributed by atoms with Crippen LogP contribution in [0.2, 0.25) is 0 Å². The predicted molar refractivity (Wildman–Crippen MR) is 81.3 cm³/mol. The van der Waals surface area contributed by atoms with E-state index < -0.39 is 11.9 Å². The molecule has 3 amide bonds. The number of ether oxygens (including phenoxy) is 1. The minimum Gasteiger partial charge on any atom is -0.457 e. The summed E-state index contributed by atoms with van der Waals surface area (Å²) in [6.07, 6.45) is 0. The molecule has 2 aromatic rings. The van der Waals surface area contributed by atoms with Crippen LogP contribution in [0.5, 0.6) is 11.5 Å². The molecular weight excluding hydrogens is 282 g/mol. The summed E-state index contributed by atoms with van der Waals surface area (Å²) in [5.41, 5.74) is 7.58. The molecule has 22 heavy (non-hydrogen) atoms. The molecule has 113 valence electrons. The van der Waals surface area contributed by atoms with E-state index in [0.717, 1.165) is 11.3 Å². The van der Waals surface area contributed by atoms with Crippen molar-refractivity contribution in [1.82, 2.24) is 16.4 Å². The average molecular weight is 298 g/mol. The Morgan fingerprint density at radius 1 is 0.909 bits per heavy atom. The molecule has 0 aliphatic heterocycles. The van der Waals surface area contributed by atoms with Crippen molar-refractivity contribution in [3.05, 3.63) is 60.2 Å². The number of carbonyl (C=O) groups excluding carboxylic acids is 2. The molecule has 2 aromatic carbocycles. The second kappa shape index (κ2) is 7.68. The van der Waals surface area contributed by atoms with E-state index >= 15 is 0 Å². The van der Waals surface area contributed by atoms with Gasteiger partial charge in [-0.1, -0.05) is 30.3 Å². The number of nitrogens with one attached hydrogen (secondary N) is 3. The van der Waals surface area contributed by atoms with E-state index in [-0.39, 0.29) is 6.54 Å². The second-order valence-corrected chi connectivity index (χ2v) is 4.52. The Labute approximate surface area is 128 Å². The second-order valence-electron chi connectivity index (χ2n) is 4.52. The smallest absolute Gasteiger partial charge is 0.315 e. The Balaban J connectivity index is 1.82. The van der Waals surface area contributed by atoms with Crippen molar-refractivity contribution < 1.29 is 14.3 Å². The third-order valence-electron chi connectivity index (χ3n) is 2.76. The topological polar surface area (TPSA) is 91.2 Å². The maximum atomic E-state index is 11.3. The Kier molecular flexibility index (Phi) is 5.37. The van der Waals surface area contributed by atoms with Crippen molar-refractivity contribution in [2.24, 2.45) is 0 Å². The summed E-state index contributed by atoms with van der Waals surface area (Å²) in [6, 6.07) is 16.3. The third-order valence-corrected chi connectivity index (χ3v) is 2.76. The molecule has 2 rings (SSSR count). The number of rotatable bonds is 6. The first-order valence-electron chi connectivity index (χ1n) is 6.71. The van der Waals surface area contributed by atoms with Crippen LogP contribution < -0.4 is 21.1 Å². The Morgan fingerprint density at radius 2 is 1.55 bits per heavy atom. The van der Waals surface area contributed by atoms with Gasteiger partial charge < -0.3 is 15.4 Å². The van der Waals surface area contributed by atoms with E-state index in [9.17, 15) is 9.59 Å². The number of hydrogen-bond donors (Lipinski definition) is 2. The molecule has 0 aliphatic carbocycles. The van der Waals surface area contributed by atoms with Gasteiger partial charge in [0, 0.05) is 6.54 Å². The number of carbonyl (C=O) groups is 2. The highest BCUT2D eigenvalue weighted by atomic mass is 16.5. The minimum absolute atomic E-state index is 0.296. The van der Waals surface area contributed by atoms with Crippen molar-refractivity contribution in [2.75, 3.05) is 6.54 Å². The van der Waals surface area contributed by atoms with E-state index in [2.05, 4.69) is 10.6 Å². The van der Waals surface area contributed by atoms with Crippen LogP contribution in [0.15, 0.2) is 54.6 Å². The number of hydrogen-bond acceptors (Lipinski definition) is 3. The van der Waals surface area contributed by atoms with Crippen LogP contribution in [0.1, 0.15) is 5.56 Å². The first-order valence-corrected chi connectivity index (χ1v) is 6.71. The van der Waals surface area contributed by atoms with Gasteiger partial charge in [-0.2, -0.15) is 0 Å². The van der Waals surface area contributed by atoms with Crippen LogP contribution in [-0.4, -0.2) is 18.5 Å². The highest BCUT2D eigenvalue weighted by Gasteiger charge is 2.03. The van der Waals surface area contributed by atoms with Gasteiger partial charge in [-0.15, -0.1) is 0 Å². The van der Waals surface area contributed by atoms with Gasteiger partial charge >= 0.3 is 6.03 Å². The zero-order chi connectivity index (χ0) is 15.8. The predicted octanol–water partition coefficient (Wildman–Crippen LogP) is 2.09. The van der Waals surface area contributed by atoms with Gasteiger partial charge in [0.1, 0.15) is 18.0 Å². The summed E-state index contributed by atoms with van der Waals surface area (Å²) in [5.74, 6) is 0.629. The minimum atomic E-state index is -0.836. The first kappa shape index (κ1) is 15.4. The van der Waals surface area contributed by atoms with Crippen LogP contribution in [0.25, 0.3) is 0 Å². The van der Waals surface area contributed by atoms with Crippen molar-refractivity contribution in [2.45, 2.75) is 6.54 Å². The summed E-state index contributed by atoms with van der Waals surface area (Å²) in [6.45, 7) is 0.0271. The molecule has 1 radical (unpaired) electrons. The Bertz CT molecular complexity index is 627. The molecule has 0 bridgehead atoms. The van der Waals surface area contributed by atoms with Gasteiger partial charge in [0.25, 0.3) is 5.91 Å². The van der Waals surface area contributed by atoms with Crippen molar-refractivity contribution in [3.63, 3.8) is 0 Å². The average Bonchev–Trinajstić information content (AvgIpc) is 2.53. The zero-order valence-electron chi connectivity index (χ0n) is 11.8. The fourth-order valence-electron chi connectivity index (χ4n) is 1.71. The van der Waals surface area contributed by atoms with Crippen molar-refractivity contribution in [1.29, 1.82) is 0 Å². The lowest BCUT2D eigenvalue weighted by atomic mass is 10.2. The molecule has 0 fully saturated rings. The standard InChI is InChI=1S/C16H16N3O3/c17-15(20)11-19-16(21)18-10-12-6-8-14(9-7-12)22-13-4-2-1-3-5-13/h1-9,17H,10-11H2,(H2,18,19,21). The molecule has 0 spiro atoms. The van der Waals surface area contributed by atoms with Crippen LogP contribution in [0.3, 0.4) is 0 Å². The van der Waals surface area contributed by atoms with E-state index in [1.165, 1.54) is 0 Å². The molecule has 0 aromatic heterocycles.